The van der Waals surface area contributed by atoms with Crippen LogP contribution in [0.1, 0.15) is 20.8 Å². The molecule has 0 bridgehead atoms. The minimum absolute atomic E-state index is 0.173. The van der Waals surface area contributed by atoms with Gasteiger partial charge in [-0.1, -0.05) is 6.92 Å². The van der Waals surface area contributed by atoms with E-state index in [2.05, 4.69) is 17.6 Å². The standard InChI is InChI=1S/C21H29FN4O5/c1-4-30-20(28)24-8-15-11-25(10-13(15)2)19-6-5-16(7-18(19)22)26-12-17(31-21(26)29)9-23-14(3)27/h5-7,13,15,17H,4,8-12H2,1-3H3,(H,23,27)(H,24,28)/t13-,15+,17-/m0/s1. The summed E-state index contributed by atoms with van der Waals surface area (Å²) >= 11 is 0. The number of hydrogen-bond donors (Lipinski definition) is 2. The fraction of sp³-hybridized carbons (Fsp3) is 0.571. The van der Waals surface area contributed by atoms with Crippen molar-refractivity contribution in [1.82, 2.24) is 10.6 Å². The Morgan fingerprint density at radius 2 is 2.00 bits per heavy atom. The van der Waals surface area contributed by atoms with Crippen molar-refractivity contribution in [2.24, 2.45) is 11.8 Å². The van der Waals surface area contributed by atoms with Crippen LogP contribution in [-0.2, 0) is 14.3 Å². The van der Waals surface area contributed by atoms with Gasteiger partial charge in [0.15, 0.2) is 0 Å². The van der Waals surface area contributed by atoms with Crippen LogP contribution in [0.2, 0.25) is 0 Å². The highest BCUT2D eigenvalue weighted by Crippen LogP contribution is 2.32. The summed E-state index contributed by atoms with van der Waals surface area (Å²) in [5, 5.41) is 5.36. The van der Waals surface area contributed by atoms with Gasteiger partial charge >= 0.3 is 12.2 Å². The van der Waals surface area contributed by atoms with Crippen LogP contribution in [0.3, 0.4) is 0 Å². The van der Waals surface area contributed by atoms with Gasteiger partial charge in [-0.15, -0.1) is 0 Å². The molecule has 1 aromatic carbocycles. The molecule has 170 valence electrons. The zero-order chi connectivity index (χ0) is 22.5. The van der Waals surface area contributed by atoms with Gasteiger partial charge in [-0.25, -0.2) is 14.0 Å². The average molecular weight is 436 g/mol. The zero-order valence-corrected chi connectivity index (χ0v) is 18.0. The van der Waals surface area contributed by atoms with E-state index in [-0.39, 0.29) is 30.8 Å². The molecule has 2 saturated heterocycles. The molecule has 1 aromatic rings. The summed E-state index contributed by atoms with van der Waals surface area (Å²) in [5.74, 6) is -0.196. The molecule has 31 heavy (non-hydrogen) atoms. The zero-order valence-electron chi connectivity index (χ0n) is 18.0. The number of carbonyl (C=O) groups is 3. The highest BCUT2D eigenvalue weighted by Gasteiger charge is 2.34. The van der Waals surface area contributed by atoms with E-state index in [9.17, 15) is 18.8 Å². The lowest BCUT2D eigenvalue weighted by molar-refractivity contribution is -0.119. The number of amides is 3. The van der Waals surface area contributed by atoms with Crippen LogP contribution >= 0.6 is 0 Å². The van der Waals surface area contributed by atoms with Gasteiger partial charge in [0.05, 0.1) is 31.1 Å². The first kappa shape index (κ1) is 22.6. The molecule has 2 heterocycles. The number of rotatable bonds is 7. The Balaban J connectivity index is 1.61. The first-order valence-corrected chi connectivity index (χ1v) is 10.5. The molecular weight excluding hydrogens is 407 g/mol. The summed E-state index contributed by atoms with van der Waals surface area (Å²) in [7, 11) is 0. The topological polar surface area (TPSA) is 100 Å². The number of anilines is 2. The lowest BCUT2D eigenvalue weighted by Gasteiger charge is -2.21. The quantitative estimate of drug-likeness (QED) is 0.679. The van der Waals surface area contributed by atoms with E-state index < -0.39 is 24.1 Å². The monoisotopic (exact) mass is 436 g/mol. The highest BCUT2D eigenvalue weighted by atomic mass is 19.1. The number of alkyl carbamates (subject to hydrolysis) is 1. The minimum atomic E-state index is -0.567. The normalized spacial score (nSPS) is 23.0. The number of hydrogen-bond acceptors (Lipinski definition) is 6. The van der Waals surface area contributed by atoms with Crippen molar-refractivity contribution in [1.29, 1.82) is 0 Å². The molecule has 9 nitrogen and oxygen atoms in total. The molecule has 0 unspecified atom stereocenters. The predicted octanol–water partition coefficient (Wildman–Crippen LogP) is 2.11. The van der Waals surface area contributed by atoms with Crippen molar-refractivity contribution < 1.29 is 28.2 Å². The second-order valence-corrected chi connectivity index (χ2v) is 7.93. The Morgan fingerprint density at radius 1 is 1.23 bits per heavy atom. The van der Waals surface area contributed by atoms with Crippen molar-refractivity contribution in [2.45, 2.75) is 26.9 Å². The molecule has 10 heteroatoms. The van der Waals surface area contributed by atoms with Crippen molar-refractivity contribution in [3.8, 4) is 0 Å². The van der Waals surface area contributed by atoms with Gasteiger partial charge in [0, 0.05) is 26.6 Å². The molecule has 2 aliphatic heterocycles. The minimum Gasteiger partial charge on any atom is -0.450 e. The third-order valence-corrected chi connectivity index (χ3v) is 5.59. The summed E-state index contributed by atoms with van der Waals surface area (Å²) in [5.41, 5.74) is 0.862. The summed E-state index contributed by atoms with van der Waals surface area (Å²) in [6.07, 6.45) is -1.49. The predicted molar refractivity (Wildman–Crippen MR) is 113 cm³/mol. The Morgan fingerprint density at radius 3 is 2.68 bits per heavy atom. The van der Waals surface area contributed by atoms with Gasteiger partial charge in [-0.3, -0.25) is 9.69 Å². The maximum absolute atomic E-state index is 14.9. The molecule has 0 spiro atoms. The Bertz CT molecular complexity index is 836. The highest BCUT2D eigenvalue weighted by molar-refractivity contribution is 5.90. The first-order chi connectivity index (χ1) is 14.8. The lowest BCUT2D eigenvalue weighted by atomic mass is 9.98. The van der Waals surface area contributed by atoms with E-state index in [0.717, 1.165) is 0 Å². The third-order valence-electron chi connectivity index (χ3n) is 5.59. The number of carbonyl (C=O) groups excluding carboxylic acids is 3. The number of ether oxygens (including phenoxy) is 2. The second kappa shape index (κ2) is 9.84. The van der Waals surface area contributed by atoms with Crippen molar-refractivity contribution >= 4 is 29.5 Å². The maximum Gasteiger partial charge on any atom is 0.414 e. The van der Waals surface area contributed by atoms with Gasteiger partial charge in [-0.2, -0.15) is 0 Å². The van der Waals surface area contributed by atoms with Crippen LogP contribution in [0.15, 0.2) is 18.2 Å². The van der Waals surface area contributed by atoms with Crippen LogP contribution < -0.4 is 20.4 Å². The number of nitrogens with one attached hydrogen (secondary N) is 2. The van der Waals surface area contributed by atoms with E-state index in [1.54, 1.807) is 19.1 Å². The van der Waals surface area contributed by atoms with Gasteiger partial charge in [0.25, 0.3) is 0 Å². The smallest absolute Gasteiger partial charge is 0.414 e. The van der Waals surface area contributed by atoms with Gasteiger partial charge in [0.2, 0.25) is 5.91 Å². The van der Waals surface area contributed by atoms with Crippen LogP contribution in [0.25, 0.3) is 0 Å². The number of benzene rings is 1. The van der Waals surface area contributed by atoms with Crippen molar-refractivity contribution in [3.63, 3.8) is 0 Å². The molecule has 3 rings (SSSR count). The molecule has 2 aliphatic rings. The Hall–Kier alpha value is -3.04. The van der Waals surface area contributed by atoms with E-state index in [1.807, 2.05) is 4.90 Å². The molecule has 0 aromatic heterocycles. The SMILES string of the molecule is CCOC(=O)NC[C@@H]1CN(c2ccc(N3C[C@H](CNC(C)=O)OC3=O)cc2F)C[C@@H]1C. The van der Waals surface area contributed by atoms with Gasteiger partial charge in [-0.05, 0) is 37.0 Å². The molecular formula is C21H29FN4O5. The summed E-state index contributed by atoms with van der Waals surface area (Å²) in [4.78, 5) is 38.0. The average Bonchev–Trinajstić information content (AvgIpc) is 3.27. The maximum atomic E-state index is 14.9. The third kappa shape index (κ3) is 5.56. The largest absolute Gasteiger partial charge is 0.450 e. The summed E-state index contributed by atoms with van der Waals surface area (Å²) in [6.45, 7) is 7.70. The molecule has 0 aliphatic carbocycles. The summed E-state index contributed by atoms with van der Waals surface area (Å²) < 4.78 is 25.1. The number of halogens is 1. The fourth-order valence-corrected chi connectivity index (χ4v) is 3.91. The van der Waals surface area contributed by atoms with E-state index in [1.165, 1.54) is 17.9 Å². The Kier molecular flexibility index (Phi) is 7.19. The van der Waals surface area contributed by atoms with Crippen LogP contribution in [0.4, 0.5) is 25.4 Å². The molecule has 0 radical (unpaired) electrons. The molecule has 2 N–H and O–H groups in total. The lowest BCUT2D eigenvalue weighted by Crippen LogP contribution is -2.33. The second-order valence-electron chi connectivity index (χ2n) is 7.93. The molecule has 3 atom stereocenters. The fourth-order valence-electron chi connectivity index (χ4n) is 3.91. The van der Waals surface area contributed by atoms with E-state index in [4.69, 9.17) is 9.47 Å². The van der Waals surface area contributed by atoms with Crippen molar-refractivity contribution in [2.75, 3.05) is 49.1 Å². The van der Waals surface area contributed by atoms with Gasteiger partial charge in [0.1, 0.15) is 11.9 Å². The molecule has 0 saturated carbocycles. The van der Waals surface area contributed by atoms with Crippen LogP contribution in [0.5, 0.6) is 0 Å². The number of nitrogens with zero attached hydrogens (tertiary/aromatic N) is 2. The Labute approximate surface area is 180 Å². The van der Waals surface area contributed by atoms with Crippen LogP contribution in [0, 0.1) is 17.7 Å². The number of cyclic esters (lactones) is 1. The summed E-state index contributed by atoms with van der Waals surface area (Å²) in [6, 6.07) is 4.68. The van der Waals surface area contributed by atoms with Gasteiger partial charge < -0.3 is 25.0 Å². The first-order valence-electron chi connectivity index (χ1n) is 10.5. The van der Waals surface area contributed by atoms with Crippen molar-refractivity contribution in [3.05, 3.63) is 24.0 Å². The molecule has 2 fully saturated rings. The van der Waals surface area contributed by atoms with E-state index >= 15 is 0 Å². The van der Waals surface area contributed by atoms with E-state index in [0.29, 0.717) is 37.6 Å². The molecule has 3 amide bonds. The van der Waals surface area contributed by atoms with Crippen LogP contribution in [-0.4, -0.2) is 63.5 Å².